The van der Waals surface area contributed by atoms with Crippen LogP contribution in [-0.2, 0) is 0 Å². The molecule has 1 rings (SSSR count). The van der Waals surface area contributed by atoms with Crippen LogP contribution in [0.2, 0.25) is 0 Å². The molecular weight excluding hydrogens is 270 g/mol. The van der Waals surface area contributed by atoms with E-state index < -0.39 is 5.91 Å². The zero-order valence-corrected chi connectivity index (χ0v) is 11.8. The summed E-state index contributed by atoms with van der Waals surface area (Å²) in [5.74, 6) is 0.500. The van der Waals surface area contributed by atoms with E-state index in [1.165, 1.54) is 12.1 Å². The minimum Gasteiger partial charge on any atom is -0.485 e. The highest BCUT2D eigenvalue weighted by Crippen LogP contribution is 2.39. The van der Waals surface area contributed by atoms with E-state index in [4.69, 9.17) is 19.9 Å². The summed E-state index contributed by atoms with van der Waals surface area (Å²) in [5.41, 5.74) is 5.57. The molecule has 1 aromatic carbocycles. The predicted molar refractivity (Wildman–Crippen MR) is 82.0 cm³/mol. The van der Waals surface area contributed by atoms with E-state index in [-0.39, 0.29) is 25.4 Å². The predicted octanol–water partition coefficient (Wildman–Crippen LogP) is 2.48. The van der Waals surface area contributed by atoms with E-state index in [1.807, 2.05) is 0 Å². The van der Waals surface area contributed by atoms with Crippen molar-refractivity contribution in [2.45, 2.75) is 0 Å². The van der Waals surface area contributed by atoms with E-state index in [0.29, 0.717) is 17.2 Å². The summed E-state index contributed by atoms with van der Waals surface area (Å²) in [4.78, 5) is 11.4. The number of benzene rings is 1. The molecule has 5 heteroatoms. The van der Waals surface area contributed by atoms with Gasteiger partial charge in [0.2, 0.25) is 11.7 Å². The largest absolute Gasteiger partial charge is 0.485 e. The number of carbonyl (C=O) groups excluding carboxylic acids is 1. The van der Waals surface area contributed by atoms with Gasteiger partial charge in [0.1, 0.15) is 19.8 Å². The van der Waals surface area contributed by atoms with E-state index in [9.17, 15) is 4.79 Å². The number of nitrogens with two attached hydrogens (primary N) is 1. The van der Waals surface area contributed by atoms with Crippen molar-refractivity contribution in [1.29, 1.82) is 0 Å². The molecule has 21 heavy (non-hydrogen) atoms. The lowest BCUT2D eigenvalue weighted by Gasteiger charge is -2.16. The van der Waals surface area contributed by atoms with Gasteiger partial charge in [-0.1, -0.05) is 38.0 Å². The maximum atomic E-state index is 11.4. The quantitative estimate of drug-likeness (QED) is 0.672. The average molecular weight is 289 g/mol. The summed E-state index contributed by atoms with van der Waals surface area (Å²) in [7, 11) is 0. The molecule has 0 fully saturated rings. The highest BCUT2D eigenvalue weighted by atomic mass is 16.5. The Bertz CT molecular complexity index is 504. The van der Waals surface area contributed by atoms with Crippen LogP contribution in [0, 0.1) is 0 Å². The lowest BCUT2D eigenvalue weighted by atomic mass is 10.1. The third kappa shape index (κ3) is 4.72. The molecule has 5 nitrogen and oxygen atoms in total. The maximum absolute atomic E-state index is 11.4. The molecule has 0 saturated heterocycles. The monoisotopic (exact) mass is 289 g/mol. The van der Waals surface area contributed by atoms with Crippen molar-refractivity contribution in [3.05, 3.63) is 55.7 Å². The van der Waals surface area contributed by atoms with E-state index in [0.717, 1.165) is 0 Å². The molecule has 0 atom stereocenters. The number of carbonyl (C=O) groups is 1. The second kappa shape index (κ2) is 8.47. The van der Waals surface area contributed by atoms with Gasteiger partial charge in [0.05, 0.1) is 0 Å². The van der Waals surface area contributed by atoms with Gasteiger partial charge >= 0.3 is 0 Å². The minimum absolute atomic E-state index is 0.258. The molecule has 0 aliphatic carbocycles. The summed E-state index contributed by atoms with van der Waals surface area (Å²) >= 11 is 0. The van der Waals surface area contributed by atoms with Gasteiger partial charge in [-0.2, -0.15) is 0 Å². The summed E-state index contributed by atoms with van der Waals surface area (Å²) in [6, 6.07) is 3.01. The van der Waals surface area contributed by atoms with Gasteiger partial charge in [-0.3, -0.25) is 4.79 Å². The van der Waals surface area contributed by atoms with Crippen molar-refractivity contribution in [1.82, 2.24) is 0 Å². The Morgan fingerprint density at radius 1 is 0.952 bits per heavy atom. The van der Waals surface area contributed by atoms with E-state index in [1.54, 1.807) is 18.2 Å². The van der Waals surface area contributed by atoms with Crippen molar-refractivity contribution in [3.63, 3.8) is 0 Å². The molecule has 0 radical (unpaired) electrons. The van der Waals surface area contributed by atoms with Gasteiger partial charge < -0.3 is 19.9 Å². The van der Waals surface area contributed by atoms with Gasteiger partial charge in [0, 0.05) is 5.56 Å². The van der Waals surface area contributed by atoms with Crippen LogP contribution in [0.3, 0.4) is 0 Å². The average Bonchev–Trinajstić information content (AvgIpc) is 2.48. The van der Waals surface area contributed by atoms with Gasteiger partial charge in [-0.15, -0.1) is 0 Å². The molecule has 0 saturated carbocycles. The van der Waals surface area contributed by atoms with Crippen molar-refractivity contribution in [2.75, 3.05) is 19.8 Å². The summed E-state index contributed by atoms with van der Waals surface area (Å²) in [6.07, 6.45) is 4.76. The molecule has 0 bridgehead atoms. The zero-order valence-electron chi connectivity index (χ0n) is 11.8. The molecular formula is C16H19NO4. The Kier molecular flexibility index (Phi) is 6.60. The van der Waals surface area contributed by atoms with Crippen LogP contribution < -0.4 is 19.9 Å². The topological polar surface area (TPSA) is 70.8 Å². The van der Waals surface area contributed by atoms with Gasteiger partial charge in [0.25, 0.3) is 0 Å². The smallest absolute Gasteiger partial charge is 0.248 e. The van der Waals surface area contributed by atoms with Gasteiger partial charge in [-0.05, 0) is 12.1 Å². The number of rotatable bonds is 10. The Hall–Kier alpha value is -2.69. The Labute approximate surface area is 124 Å². The fourth-order valence-electron chi connectivity index (χ4n) is 1.52. The summed E-state index contributed by atoms with van der Waals surface area (Å²) in [5, 5.41) is 0. The third-order valence-corrected chi connectivity index (χ3v) is 2.36. The molecule has 0 heterocycles. The maximum Gasteiger partial charge on any atom is 0.248 e. The highest BCUT2D eigenvalue weighted by molar-refractivity contribution is 5.94. The molecule has 0 spiro atoms. The van der Waals surface area contributed by atoms with Crippen molar-refractivity contribution in [2.24, 2.45) is 5.73 Å². The minimum atomic E-state index is -0.586. The molecule has 0 aliphatic heterocycles. The zero-order chi connectivity index (χ0) is 15.7. The van der Waals surface area contributed by atoms with Crippen LogP contribution in [0.15, 0.2) is 50.1 Å². The SMILES string of the molecule is C=CCOc1cc(C(N)=O)cc(OCC=C)c1OCC=C. The van der Waals surface area contributed by atoms with Crippen LogP contribution in [0.25, 0.3) is 0 Å². The lowest BCUT2D eigenvalue weighted by Crippen LogP contribution is -2.12. The first-order chi connectivity index (χ1) is 10.1. The number of hydrogen-bond acceptors (Lipinski definition) is 4. The van der Waals surface area contributed by atoms with Crippen LogP contribution in [0.4, 0.5) is 0 Å². The Balaban J connectivity index is 3.27. The Morgan fingerprint density at radius 3 is 1.76 bits per heavy atom. The number of amides is 1. The molecule has 0 aromatic heterocycles. The lowest BCUT2D eigenvalue weighted by molar-refractivity contribution is 0.0999. The Morgan fingerprint density at radius 2 is 1.38 bits per heavy atom. The first kappa shape index (κ1) is 16.4. The first-order valence-electron chi connectivity index (χ1n) is 6.33. The van der Waals surface area contributed by atoms with Crippen LogP contribution >= 0.6 is 0 Å². The molecule has 2 N–H and O–H groups in total. The summed E-state index contributed by atoms with van der Waals surface area (Å²) < 4.78 is 16.6. The van der Waals surface area contributed by atoms with Crippen molar-refractivity contribution >= 4 is 5.91 Å². The molecule has 0 unspecified atom stereocenters. The molecule has 112 valence electrons. The number of hydrogen-bond donors (Lipinski definition) is 1. The molecule has 1 amide bonds. The number of ether oxygens (including phenoxy) is 3. The second-order valence-corrected chi connectivity index (χ2v) is 3.96. The fourth-order valence-corrected chi connectivity index (χ4v) is 1.52. The molecule has 0 aliphatic rings. The second-order valence-electron chi connectivity index (χ2n) is 3.96. The van der Waals surface area contributed by atoms with Gasteiger partial charge in [0.15, 0.2) is 11.5 Å². The van der Waals surface area contributed by atoms with Crippen molar-refractivity contribution < 1.29 is 19.0 Å². The third-order valence-electron chi connectivity index (χ3n) is 2.36. The number of primary amides is 1. The first-order valence-corrected chi connectivity index (χ1v) is 6.33. The van der Waals surface area contributed by atoms with Crippen molar-refractivity contribution in [3.8, 4) is 17.2 Å². The van der Waals surface area contributed by atoms with Crippen LogP contribution in [0.5, 0.6) is 17.2 Å². The van der Waals surface area contributed by atoms with E-state index in [2.05, 4.69) is 19.7 Å². The van der Waals surface area contributed by atoms with Crippen LogP contribution in [-0.4, -0.2) is 25.7 Å². The van der Waals surface area contributed by atoms with Gasteiger partial charge in [-0.25, -0.2) is 0 Å². The standard InChI is InChI=1S/C16H19NO4/c1-4-7-19-13-10-12(16(17)18)11-14(20-8-5-2)15(13)21-9-6-3/h4-6,10-11H,1-3,7-9H2,(H2,17,18). The van der Waals surface area contributed by atoms with E-state index >= 15 is 0 Å². The van der Waals surface area contributed by atoms with Crippen LogP contribution in [0.1, 0.15) is 10.4 Å². The fraction of sp³-hybridized carbons (Fsp3) is 0.188. The molecule has 1 aromatic rings. The highest BCUT2D eigenvalue weighted by Gasteiger charge is 2.17. The summed E-state index contributed by atoms with van der Waals surface area (Å²) in [6.45, 7) is 11.5. The normalized spacial score (nSPS) is 9.52.